The Morgan fingerprint density at radius 3 is 2.89 bits per heavy atom. The summed E-state index contributed by atoms with van der Waals surface area (Å²) in [7, 11) is 0. The van der Waals surface area contributed by atoms with Crippen molar-refractivity contribution in [2.75, 3.05) is 11.9 Å². The molecule has 0 bridgehead atoms. The van der Waals surface area contributed by atoms with Gasteiger partial charge in [0.2, 0.25) is 0 Å². The Bertz CT molecular complexity index is 572. The zero-order valence-corrected chi connectivity index (χ0v) is 10.2. The third kappa shape index (κ3) is 2.64. The minimum atomic E-state index is 0.625. The molecule has 0 fully saturated rings. The minimum absolute atomic E-state index is 0.625. The van der Waals surface area contributed by atoms with E-state index in [4.69, 9.17) is 5.26 Å². The molecule has 0 amide bonds. The van der Waals surface area contributed by atoms with E-state index in [-0.39, 0.29) is 0 Å². The molecule has 0 saturated carbocycles. The van der Waals surface area contributed by atoms with Crippen LogP contribution in [0.3, 0.4) is 0 Å². The van der Waals surface area contributed by atoms with Gasteiger partial charge in [-0.1, -0.05) is 19.1 Å². The van der Waals surface area contributed by atoms with Gasteiger partial charge in [-0.05, 0) is 18.6 Å². The maximum absolute atomic E-state index is 8.92. The van der Waals surface area contributed by atoms with E-state index in [9.17, 15) is 0 Å². The average Bonchev–Trinajstić information content (AvgIpc) is 2.45. The molecule has 90 valence electrons. The van der Waals surface area contributed by atoms with E-state index in [0.717, 1.165) is 30.0 Å². The summed E-state index contributed by atoms with van der Waals surface area (Å²) >= 11 is 0. The first kappa shape index (κ1) is 12.1. The number of hydrogen-bond donors (Lipinski definition) is 1. The molecule has 2 rings (SSSR count). The zero-order valence-electron chi connectivity index (χ0n) is 10.2. The van der Waals surface area contributed by atoms with Crippen LogP contribution >= 0.6 is 0 Å². The number of nitriles is 1. The Hall–Kier alpha value is -2.41. The van der Waals surface area contributed by atoms with Crippen molar-refractivity contribution in [3.05, 3.63) is 42.2 Å². The van der Waals surface area contributed by atoms with Crippen LogP contribution in [0.4, 0.5) is 5.82 Å². The van der Waals surface area contributed by atoms with Crippen LogP contribution in [0.15, 0.2) is 36.7 Å². The number of nitrogens with one attached hydrogen (secondary N) is 1. The molecule has 1 N–H and O–H groups in total. The first-order valence-electron chi connectivity index (χ1n) is 5.90. The van der Waals surface area contributed by atoms with Crippen molar-refractivity contribution in [2.24, 2.45) is 0 Å². The standard InChI is InChI=1S/C14H14N4/c1-2-6-17-14-13(16-7-8-18-14)12-5-3-4-11(9-12)10-15/h3-5,7-9H,2,6H2,1H3,(H,17,18). The van der Waals surface area contributed by atoms with Gasteiger partial charge in [-0.2, -0.15) is 5.26 Å². The fourth-order valence-electron chi connectivity index (χ4n) is 1.66. The normalized spacial score (nSPS) is 9.78. The first-order valence-corrected chi connectivity index (χ1v) is 5.90. The quantitative estimate of drug-likeness (QED) is 0.889. The van der Waals surface area contributed by atoms with Crippen LogP contribution < -0.4 is 5.32 Å². The Labute approximate surface area is 106 Å². The fourth-order valence-corrected chi connectivity index (χ4v) is 1.66. The van der Waals surface area contributed by atoms with E-state index in [2.05, 4.69) is 28.3 Å². The van der Waals surface area contributed by atoms with Gasteiger partial charge in [-0.25, -0.2) is 4.98 Å². The molecule has 0 saturated heterocycles. The highest BCUT2D eigenvalue weighted by atomic mass is 15.0. The summed E-state index contributed by atoms with van der Waals surface area (Å²) in [5.74, 6) is 0.759. The lowest BCUT2D eigenvalue weighted by Gasteiger charge is -2.09. The summed E-state index contributed by atoms with van der Waals surface area (Å²) < 4.78 is 0. The number of anilines is 1. The van der Waals surface area contributed by atoms with Gasteiger partial charge in [0.05, 0.1) is 11.6 Å². The van der Waals surface area contributed by atoms with Gasteiger partial charge in [0.25, 0.3) is 0 Å². The molecule has 0 aliphatic rings. The molecule has 0 aliphatic carbocycles. The van der Waals surface area contributed by atoms with Gasteiger partial charge in [0, 0.05) is 24.5 Å². The zero-order chi connectivity index (χ0) is 12.8. The SMILES string of the molecule is CCCNc1nccnc1-c1cccc(C#N)c1. The molecule has 1 aromatic carbocycles. The second kappa shape index (κ2) is 5.78. The van der Waals surface area contributed by atoms with Crippen molar-refractivity contribution < 1.29 is 0 Å². The summed E-state index contributed by atoms with van der Waals surface area (Å²) in [4.78, 5) is 8.63. The number of aromatic nitrogens is 2. The predicted octanol–water partition coefficient (Wildman–Crippen LogP) is 2.84. The van der Waals surface area contributed by atoms with Gasteiger partial charge < -0.3 is 5.32 Å². The number of hydrogen-bond acceptors (Lipinski definition) is 4. The molecule has 4 nitrogen and oxygen atoms in total. The van der Waals surface area contributed by atoms with Gasteiger partial charge in [0.1, 0.15) is 5.69 Å². The maximum atomic E-state index is 8.92. The molecular weight excluding hydrogens is 224 g/mol. The van der Waals surface area contributed by atoms with Crippen molar-refractivity contribution >= 4 is 5.82 Å². The van der Waals surface area contributed by atoms with Crippen LogP contribution in [-0.2, 0) is 0 Å². The van der Waals surface area contributed by atoms with Crippen LogP contribution in [0.25, 0.3) is 11.3 Å². The van der Waals surface area contributed by atoms with Crippen LogP contribution in [-0.4, -0.2) is 16.5 Å². The van der Waals surface area contributed by atoms with Crippen molar-refractivity contribution in [2.45, 2.75) is 13.3 Å². The molecule has 1 aromatic heterocycles. The van der Waals surface area contributed by atoms with E-state index < -0.39 is 0 Å². The molecule has 4 heteroatoms. The molecule has 0 aliphatic heterocycles. The molecule has 1 heterocycles. The lowest BCUT2D eigenvalue weighted by atomic mass is 10.1. The first-order chi connectivity index (χ1) is 8.85. The lowest BCUT2D eigenvalue weighted by Crippen LogP contribution is -2.04. The third-order valence-corrected chi connectivity index (χ3v) is 2.51. The molecular formula is C14H14N4. The van der Waals surface area contributed by atoms with Crippen molar-refractivity contribution in [3.8, 4) is 17.3 Å². The number of benzene rings is 1. The van der Waals surface area contributed by atoms with Gasteiger partial charge in [-0.15, -0.1) is 0 Å². The van der Waals surface area contributed by atoms with Gasteiger partial charge in [0.15, 0.2) is 5.82 Å². The van der Waals surface area contributed by atoms with Crippen LogP contribution in [0.2, 0.25) is 0 Å². The third-order valence-electron chi connectivity index (χ3n) is 2.51. The second-order valence-corrected chi connectivity index (χ2v) is 3.87. The highest BCUT2D eigenvalue weighted by molar-refractivity contribution is 5.72. The van der Waals surface area contributed by atoms with E-state index in [1.54, 1.807) is 18.5 Å². The summed E-state index contributed by atoms with van der Waals surface area (Å²) in [5.41, 5.74) is 2.31. The van der Waals surface area contributed by atoms with Crippen LogP contribution in [0.5, 0.6) is 0 Å². The smallest absolute Gasteiger partial charge is 0.152 e. The highest BCUT2D eigenvalue weighted by Crippen LogP contribution is 2.23. The maximum Gasteiger partial charge on any atom is 0.152 e. The second-order valence-electron chi connectivity index (χ2n) is 3.87. The molecule has 2 aromatic rings. The largest absolute Gasteiger partial charge is 0.368 e. The van der Waals surface area contributed by atoms with E-state index >= 15 is 0 Å². The number of rotatable bonds is 4. The Morgan fingerprint density at radius 2 is 2.11 bits per heavy atom. The Morgan fingerprint density at radius 1 is 1.28 bits per heavy atom. The highest BCUT2D eigenvalue weighted by Gasteiger charge is 2.07. The topological polar surface area (TPSA) is 61.6 Å². The molecule has 0 unspecified atom stereocenters. The summed E-state index contributed by atoms with van der Waals surface area (Å²) in [6.07, 6.45) is 4.34. The van der Waals surface area contributed by atoms with Crippen LogP contribution in [0.1, 0.15) is 18.9 Å². The minimum Gasteiger partial charge on any atom is -0.368 e. The monoisotopic (exact) mass is 238 g/mol. The molecule has 0 spiro atoms. The van der Waals surface area contributed by atoms with E-state index in [1.807, 2.05) is 18.2 Å². The Kier molecular flexibility index (Phi) is 3.87. The van der Waals surface area contributed by atoms with E-state index in [0.29, 0.717) is 5.56 Å². The van der Waals surface area contributed by atoms with Crippen LogP contribution in [0, 0.1) is 11.3 Å². The summed E-state index contributed by atoms with van der Waals surface area (Å²) in [5, 5.41) is 12.2. The van der Waals surface area contributed by atoms with Crippen molar-refractivity contribution in [1.29, 1.82) is 5.26 Å². The number of nitrogens with zero attached hydrogens (tertiary/aromatic N) is 3. The molecule has 0 atom stereocenters. The van der Waals surface area contributed by atoms with Gasteiger partial charge in [-0.3, -0.25) is 4.98 Å². The summed E-state index contributed by atoms with van der Waals surface area (Å²) in [6.45, 7) is 2.95. The molecule has 0 radical (unpaired) electrons. The lowest BCUT2D eigenvalue weighted by molar-refractivity contribution is 0.966. The van der Waals surface area contributed by atoms with E-state index in [1.165, 1.54) is 0 Å². The van der Waals surface area contributed by atoms with Crippen molar-refractivity contribution in [3.63, 3.8) is 0 Å². The van der Waals surface area contributed by atoms with Crippen molar-refractivity contribution in [1.82, 2.24) is 9.97 Å². The molecule has 18 heavy (non-hydrogen) atoms. The fraction of sp³-hybridized carbons (Fsp3) is 0.214. The predicted molar refractivity (Wildman–Crippen MR) is 71.0 cm³/mol. The average molecular weight is 238 g/mol. The Balaban J connectivity index is 2.40. The van der Waals surface area contributed by atoms with Gasteiger partial charge >= 0.3 is 0 Å². The summed E-state index contributed by atoms with van der Waals surface area (Å²) in [6, 6.07) is 9.51.